The molecule has 0 atom stereocenters. The van der Waals surface area contributed by atoms with Crippen molar-refractivity contribution < 1.29 is 9.53 Å². The zero-order chi connectivity index (χ0) is 28.9. The van der Waals surface area contributed by atoms with Crippen LogP contribution >= 0.6 is 0 Å². The maximum Gasteiger partial charge on any atom is 0.270 e. The summed E-state index contributed by atoms with van der Waals surface area (Å²) in [6.45, 7) is 5.81. The summed E-state index contributed by atoms with van der Waals surface area (Å²) in [5, 5.41) is 3.27. The topological polar surface area (TPSA) is 112 Å². The number of carbonyl (C=O) groups is 1. The number of fused-ring (bicyclic) bond motifs is 1. The van der Waals surface area contributed by atoms with E-state index in [-0.39, 0.29) is 17.5 Å². The summed E-state index contributed by atoms with van der Waals surface area (Å²) in [7, 11) is 7.71. The molecular formula is C29H39N9O3. The summed E-state index contributed by atoms with van der Waals surface area (Å²) in [6.07, 6.45) is 7.75. The molecule has 2 aliphatic heterocycles. The van der Waals surface area contributed by atoms with Crippen molar-refractivity contribution in [2.24, 2.45) is 0 Å². The van der Waals surface area contributed by atoms with Gasteiger partial charge in [-0.15, -0.1) is 0 Å². The number of benzene rings is 1. The van der Waals surface area contributed by atoms with Gasteiger partial charge in [-0.25, -0.2) is 9.97 Å². The molecule has 2 aromatic heterocycles. The van der Waals surface area contributed by atoms with Crippen LogP contribution in [0.5, 0.6) is 5.75 Å². The first kappa shape index (κ1) is 28.5. The van der Waals surface area contributed by atoms with E-state index in [2.05, 4.69) is 38.2 Å². The largest absolute Gasteiger partial charge is 0.494 e. The van der Waals surface area contributed by atoms with Crippen LogP contribution in [0.25, 0.3) is 11.2 Å². The van der Waals surface area contributed by atoms with Crippen molar-refractivity contribution in [3.05, 3.63) is 53.1 Å². The van der Waals surface area contributed by atoms with Crippen molar-refractivity contribution in [1.82, 2.24) is 34.2 Å². The Hall–Kier alpha value is -4.03. The number of carbonyl (C=O) groups excluding carboxylic acids is 1. The van der Waals surface area contributed by atoms with Gasteiger partial charge < -0.3 is 29.7 Å². The number of piperidine rings is 1. The van der Waals surface area contributed by atoms with Crippen molar-refractivity contribution in [1.29, 1.82) is 0 Å². The van der Waals surface area contributed by atoms with Crippen LogP contribution in [0.15, 0.2) is 47.5 Å². The molecule has 41 heavy (non-hydrogen) atoms. The van der Waals surface area contributed by atoms with E-state index in [1.54, 1.807) is 23.9 Å². The lowest BCUT2D eigenvalue weighted by Crippen LogP contribution is -2.44. The molecule has 2 saturated heterocycles. The molecule has 4 heterocycles. The van der Waals surface area contributed by atoms with Gasteiger partial charge in [0.2, 0.25) is 11.9 Å². The van der Waals surface area contributed by atoms with Crippen LogP contribution in [0, 0.1) is 0 Å². The number of piperazine rings is 1. The van der Waals surface area contributed by atoms with Crippen molar-refractivity contribution >= 4 is 34.4 Å². The number of methoxy groups -OCH3 is 1. The second-order valence-electron chi connectivity index (χ2n) is 10.9. The molecule has 12 heteroatoms. The average Bonchev–Trinajstić information content (AvgIpc) is 2.97. The smallest absolute Gasteiger partial charge is 0.270 e. The molecule has 2 aliphatic rings. The second kappa shape index (κ2) is 12.6. The SMILES string of the molecule is COc1cc(N2CCN(C)CC2)ccc1Nc1ncc2ncc(=O)n(C3CCN(C(=O)/C=C/CN(C)C)CC3)c2n1. The third kappa shape index (κ3) is 6.66. The van der Waals surface area contributed by atoms with Gasteiger partial charge in [-0.1, -0.05) is 6.08 Å². The van der Waals surface area contributed by atoms with Gasteiger partial charge in [-0.2, -0.15) is 4.98 Å². The summed E-state index contributed by atoms with van der Waals surface area (Å²) < 4.78 is 7.40. The lowest BCUT2D eigenvalue weighted by molar-refractivity contribution is -0.127. The minimum atomic E-state index is -0.216. The number of nitrogens with zero attached hydrogens (tertiary/aromatic N) is 8. The molecule has 1 N–H and O–H groups in total. The fourth-order valence-corrected chi connectivity index (χ4v) is 5.32. The van der Waals surface area contributed by atoms with E-state index in [1.165, 1.54) is 6.20 Å². The number of nitrogens with one attached hydrogen (secondary N) is 1. The van der Waals surface area contributed by atoms with Gasteiger partial charge in [0, 0.05) is 69.7 Å². The van der Waals surface area contributed by atoms with Gasteiger partial charge >= 0.3 is 0 Å². The first-order chi connectivity index (χ1) is 19.8. The predicted molar refractivity (Wildman–Crippen MR) is 160 cm³/mol. The summed E-state index contributed by atoms with van der Waals surface area (Å²) in [6, 6.07) is 5.97. The van der Waals surface area contributed by atoms with E-state index in [1.807, 2.05) is 42.1 Å². The average molecular weight is 562 g/mol. The van der Waals surface area contributed by atoms with E-state index in [4.69, 9.17) is 9.72 Å². The first-order valence-electron chi connectivity index (χ1n) is 14.1. The fraction of sp³-hybridized carbons (Fsp3) is 0.483. The highest BCUT2D eigenvalue weighted by molar-refractivity contribution is 5.87. The molecule has 5 rings (SSSR count). The second-order valence-corrected chi connectivity index (χ2v) is 10.9. The Kier molecular flexibility index (Phi) is 8.79. The molecule has 0 bridgehead atoms. The van der Waals surface area contributed by atoms with Gasteiger partial charge in [0.25, 0.3) is 5.56 Å². The maximum absolute atomic E-state index is 13.0. The van der Waals surface area contributed by atoms with E-state index < -0.39 is 0 Å². The van der Waals surface area contributed by atoms with Crippen molar-refractivity contribution in [2.45, 2.75) is 18.9 Å². The standard InChI is InChI=1S/C29H39N9O3/c1-34(2)11-5-6-26(39)37-12-9-21(10-13-37)38-27(40)20-30-24-19-31-29(33-28(24)38)32-23-8-7-22(18-25(23)41-4)36-16-14-35(3)15-17-36/h5-8,18-21H,9-17H2,1-4H3,(H,31,32,33)/b6-5+. The summed E-state index contributed by atoms with van der Waals surface area (Å²) in [5.74, 6) is 1.03. The zero-order valence-electron chi connectivity index (χ0n) is 24.3. The van der Waals surface area contributed by atoms with Crippen LogP contribution in [0.3, 0.4) is 0 Å². The normalized spacial score (nSPS) is 17.1. The molecule has 3 aromatic rings. The highest BCUT2D eigenvalue weighted by Crippen LogP contribution is 2.32. The third-order valence-corrected chi connectivity index (χ3v) is 7.70. The highest BCUT2D eigenvalue weighted by atomic mass is 16.5. The summed E-state index contributed by atoms with van der Waals surface area (Å²) in [5.41, 5.74) is 2.64. The fourth-order valence-electron chi connectivity index (χ4n) is 5.32. The molecule has 12 nitrogen and oxygen atoms in total. The minimum absolute atomic E-state index is 0.00127. The van der Waals surface area contributed by atoms with E-state index in [0.29, 0.717) is 55.3 Å². The van der Waals surface area contributed by atoms with Crippen molar-refractivity contribution in [3.63, 3.8) is 0 Å². The molecule has 0 saturated carbocycles. The molecule has 2 fully saturated rings. The maximum atomic E-state index is 13.0. The Morgan fingerprint density at radius 1 is 1.10 bits per heavy atom. The number of aromatic nitrogens is 4. The van der Waals surface area contributed by atoms with Crippen LogP contribution in [0.1, 0.15) is 18.9 Å². The number of likely N-dealkylation sites (N-methyl/N-ethyl adjacent to an activating group) is 2. The van der Waals surface area contributed by atoms with Gasteiger partial charge in [-0.3, -0.25) is 14.2 Å². The Labute approximate surface area is 240 Å². The minimum Gasteiger partial charge on any atom is -0.494 e. The van der Waals surface area contributed by atoms with E-state index in [0.717, 1.165) is 37.6 Å². The van der Waals surface area contributed by atoms with E-state index >= 15 is 0 Å². The number of amides is 1. The number of likely N-dealkylation sites (tertiary alicyclic amines) is 1. The number of rotatable bonds is 8. The molecule has 0 spiro atoms. The summed E-state index contributed by atoms with van der Waals surface area (Å²) in [4.78, 5) is 47.6. The highest BCUT2D eigenvalue weighted by Gasteiger charge is 2.25. The quantitative estimate of drug-likeness (QED) is 0.410. The van der Waals surface area contributed by atoms with Gasteiger partial charge in [0.1, 0.15) is 11.3 Å². The molecule has 1 amide bonds. The van der Waals surface area contributed by atoms with Crippen molar-refractivity contribution in [3.8, 4) is 5.75 Å². The zero-order valence-corrected chi connectivity index (χ0v) is 24.3. The Morgan fingerprint density at radius 3 is 2.56 bits per heavy atom. The predicted octanol–water partition coefficient (Wildman–Crippen LogP) is 1.97. The molecule has 0 radical (unpaired) electrons. The van der Waals surface area contributed by atoms with Crippen LogP contribution in [0.2, 0.25) is 0 Å². The lowest BCUT2D eigenvalue weighted by atomic mass is 10.0. The van der Waals surface area contributed by atoms with Crippen LogP contribution in [0.4, 0.5) is 17.3 Å². The molecule has 0 unspecified atom stereocenters. The molecule has 218 valence electrons. The van der Waals surface area contributed by atoms with E-state index in [9.17, 15) is 9.59 Å². The number of ether oxygens (including phenoxy) is 1. The van der Waals surface area contributed by atoms with Crippen LogP contribution < -0.4 is 20.5 Å². The van der Waals surface area contributed by atoms with Crippen molar-refractivity contribution in [2.75, 3.05) is 84.3 Å². The number of hydrogen-bond donors (Lipinski definition) is 1. The van der Waals surface area contributed by atoms with Gasteiger partial charge in [-0.05, 0) is 46.1 Å². The Bertz CT molecular complexity index is 1460. The van der Waals surface area contributed by atoms with Gasteiger partial charge in [0.05, 0.1) is 25.2 Å². The monoisotopic (exact) mass is 561 g/mol. The molecule has 0 aliphatic carbocycles. The molecular weight excluding hydrogens is 522 g/mol. The Balaban J connectivity index is 1.34. The van der Waals surface area contributed by atoms with Gasteiger partial charge in [0.15, 0.2) is 5.65 Å². The summed E-state index contributed by atoms with van der Waals surface area (Å²) >= 11 is 0. The number of hydrogen-bond acceptors (Lipinski definition) is 10. The molecule has 1 aromatic carbocycles. The van der Waals surface area contributed by atoms with Crippen LogP contribution in [-0.2, 0) is 4.79 Å². The third-order valence-electron chi connectivity index (χ3n) is 7.70. The number of anilines is 3. The lowest BCUT2D eigenvalue weighted by Gasteiger charge is -2.34. The Morgan fingerprint density at radius 2 is 1.85 bits per heavy atom. The first-order valence-corrected chi connectivity index (χ1v) is 14.1. The van der Waals surface area contributed by atoms with Crippen LogP contribution in [-0.4, -0.2) is 114 Å².